The van der Waals surface area contributed by atoms with E-state index in [0.29, 0.717) is 41.4 Å². The van der Waals surface area contributed by atoms with Crippen LogP contribution in [0.15, 0.2) is 85.1 Å². The molecule has 0 fully saturated rings. The molecule has 0 aliphatic heterocycles. The lowest BCUT2D eigenvalue weighted by Crippen LogP contribution is -2.13. The molecule has 0 radical (unpaired) electrons. The molecule has 0 aliphatic rings. The van der Waals surface area contributed by atoms with Gasteiger partial charge < -0.3 is 10.1 Å². The maximum absolute atomic E-state index is 12.8. The van der Waals surface area contributed by atoms with E-state index in [2.05, 4.69) is 20.0 Å². The summed E-state index contributed by atoms with van der Waals surface area (Å²) in [5, 5.41) is 2.90. The van der Waals surface area contributed by atoms with Crippen molar-refractivity contribution in [3.05, 3.63) is 107 Å². The summed E-state index contributed by atoms with van der Waals surface area (Å²) in [6, 6.07) is 24.5. The highest BCUT2D eigenvalue weighted by atomic mass is 32.2. The second kappa shape index (κ2) is 11.1. The first-order chi connectivity index (χ1) is 17.3. The molecule has 2 N–H and O–H groups in total. The molecule has 1 heterocycles. The van der Waals surface area contributed by atoms with Crippen LogP contribution in [0.2, 0.25) is 0 Å². The van der Waals surface area contributed by atoms with Gasteiger partial charge in [-0.05, 0) is 42.3 Å². The normalized spacial score (nSPS) is 11.2. The van der Waals surface area contributed by atoms with E-state index in [9.17, 15) is 13.2 Å². The average Bonchev–Trinajstić information content (AvgIpc) is 2.86. The summed E-state index contributed by atoms with van der Waals surface area (Å²) in [6.45, 7) is 2.68. The van der Waals surface area contributed by atoms with Crippen molar-refractivity contribution in [3.63, 3.8) is 0 Å². The molecular formula is C27H26N4O4S. The summed E-state index contributed by atoms with van der Waals surface area (Å²) >= 11 is 0. The van der Waals surface area contributed by atoms with Gasteiger partial charge in [0, 0.05) is 16.8 Å². The molecule has 0 aliphatic carbocycles. The molecule has 4 rings (SSSR count). The monoisotopic (exact) mass is 502 g/mol. The fourth-order valence-electron chi connectivity index (χ4n) is 3.46. The molecule has 0 unspecified atom stereocenters. The lowest BCUT2D eigenvalue weighted by Gasteiger charge is -2.10. The van der Waals surface area contributed by atoms with Gasteiger partial charge in [-0.2, -0.15) is 0 Å². The lowest BCUT2D eigenvalue weighted by atomic mass is 10.1. The van der Waals surface area contributed by atoms with Crippen LogP contribution in [0.4, 0.5) is 11.5 Å². The minimum Gasteiger partial charge on any atom is -0.372 e. The standard InChI is InChI=1S/C27H26N4O4S/c1-19-26(31-36(2,33)34)28-16-25(29-19)22-9-6-10-23(15-22)27(32)30-24-13-11-21(12-14-24)18-35-17-20-7-4-3-5-8-20/h3-16H,17-18H2,1-2H3,(H,28,31)(H,30,32). The minimum atomic E-state index is -3.46. The van der Waals surface area contributed by atoms with Gasteiger partial charge in [0.05, 0.1) is 37.1 Å². The summed E-state index contributed by atoms with van der Waals surface area (Å²) in [5.74, 6) is -0.0889. The van der Waals surface area contributed by atoms with Gasteiger partial charge in [0.15, 0.2) is 5.82 Å². The van der Waals surface area contributed by atoms with Crippen LogP contribution in [0.3, 0.4) is 0 Å². The molecule has 1 amide bonds. The van der Waals surface area contributed by atoms with Gasteiger partial charge in [0.1, 0.15) is 0 Å². The lowest BCUT2D eigenvalue weighted by molar-refractivity contribution is 0.102. The van der Waals surface area contributed by atoms with Crippen molar-refractivity contribution in [3.8, 4) is 11.3 Å². The first-order valence-corrected chi connectivity index (χ1v) is 13.1. The summed E-state index contributed by atoms with van der Waals surface area (Å²) in [4.78, 5) is 21.4. The van der Waals surface area contributed by atoms with Crippen LogP contribution in [0.1, 0.15) is 27.2 Å². The third-order valence-electron chi connectivity index (χ3n) is 5.24. The zero-order chi connectivity index (χ0) is 25.5. The number of carbonyl (C=O) groups excluding carboxylic acids is 1. The summed E-state index contributed by atoms with van der Waals surface area (Å²) < 4.78 is 31.0. The number of amides is 1. The highest BCUT2D eigenvalue weighted by Gasteiger charge is 2.12. The van der Waals surface area contributed by atoms with E-state index < -0.39 is 10.0 Å². The van der Waals surface area contributed by atoms with E-state index in [1.54, 1.807) is 25.1 Å². The number of carbonyl (C=O) groups is 1. The Morgan fingerprint density at radius 1 is 0.917 bits per heavy atom. The molecule has 184 valence electrons. The van der Waals surface area contributed by atoms with Crippen LogP contribution in [0, 0.1) is 6.92 Å². The smallest absolute Gasteiger partial charge is 0.255 e. The molecule has 0 atom stereocenters. The third-order valence-corrected chi connectivity index (χ3v) is 5.81. The van der Waals surface area contributed by atoms with Crippen molar-refractivity contribution in [2.75, 3.05) is 16.3 Å². The maximum atomic E-state index is 12.8. The van der Waals surface area contributed by atoms with Crippen molar-refractivity contribution < 1.29 is 17.9 Å². The van der Waals surface area contributed by atoms with Gasteiger partial charge in [0.2, 0.25) is 10.0 Å². The Bertz CT molecular complexity index is 1460. The Labute approximate surface area is 210 Å². The van der Waals surface area contributed by atoms with Crippen LogP contribution in [-0.4, -0.2) is 30.5 Å². The van der Waals surface area contributed by atoms with Crippen molar-refractivity contribution in [1.82, 2.24) is 9.97 Å². The average molecular weight is 503 g/mol. The van der Waals surface area contributed by atoms with Crippen LogP contribution >= 0.6 is 0 Å². The van der Waals surface area contributed by atoms with Crippen molar-refractivity contribution >= 4 is 27.4 Å². The quantitative estimate of drug-likeness (QED) is 0.340. The molecule has 3 aromatic carbocycles. The minimum absolute atomic E-state index is 0.170. The largest absolute Gasteiger partial charge is 0.372 e. The van der Waals surface area contributed by atoms with Crippen LogP contribution in [0.25, 0.3) is 11.3 Å². The van der Waals surface area contributed by atoms with Gasteiger partial charge >= 0.3 is 0 Å². The van der Waals surface area contributed by atoms with E-state index in [1.165, 1.54) is 6.20 Å². The number of hydrogen-bond acceptors (Lipinski definition) is 6. The van der Waals surface area contributed by atoms with Crippen molar-refractivity contribution in [1.29, 1.82) is 0 Å². The van der Waals surface area contributed by atoms with Crippen molar-refractivity contribution in [2.24, 2.45) is 0 Å². The summed E-state index contributed by atoms with van der Waals surface area (Å²) in [7, 11) is -3.46. The Balaban J connectivity index is 1.38. The van der Waals surface area contributed by atoms with Gasteiger partial charge in [0.25, 0.3) is 5.91 Å². The third kappa shape index (κ3) is 6.97. The van der Waals surface area contributed by atoms with Gasteiger partial charge in [-0.25, -0.2) is 18.4 Å². The number of rotatable bonds is 9. The number of ether oxygens (including phenoxy) is 1. The Kier molecular flexibility index (Phi) is 7.72. The number of aryl methyl sites for hydroxylation is 1. The molecule has 0 bridgehead atoms. The predicted molar refractivity (Wildman–Crippen MR) is 140 cm³/mol. The molecular weight excluding hydrogens is 476 g/mol. The second-order valence-electron chi connectivity index (χ2n) is 8.27. The van der Waals surface area contributed by atoms with Crippen LogP contribution in [-0.2, 0) is 28.0 Å². The number of benzene rings is 3. The molecule has 4 aromatic rings. The zero-order valence-corrected chi connectivity index (χ0v) is 20.7. The van der Waals surface area contributed by atoms with Gasteiger partial charge in [-0.1, -0.05) is 54.6 Å². The Hall–Kier alpha value is -4.08. The van der Waals surface area contributed by atoms with E-state index in [0.717, 1.165) is 17.4 Å². The van der Waals surface area contributed by atoms with E-state index in [4.69, 9.17) is 4.74 Å². The highest BCUT2D eigenvalue weighted by molar-refractivity contribution is 7.92. The maximum Gasteiger partial charge on any atom is 0.255 e. The number of sulfonamides is 1. The van der Waals surface area contributed by atoms with E-state index in [-0.39, 0.29) is 11.7 Å². The molecule has 0 spiro atoms. The second-order valence-corrected chi connectivity index (χ2v) is 10.0. The fraction of sp³-hybridized carbons (Fsp3) is 0.148. The Morgan fingerprint density at radius 3 is 2.28 bits per heavy atom. The van der Waals surface area contributed by atoms with E-state index >= 15 is 0 Å². The number of hydrogen-bond donors (Lipinski definition) is 2. The van der Waals surface area contributed by atoms with Crippen molar-refractivity contribution in [2.45, 2.75) is 20.1 Å². The number of anilines is 2. The number of aromatic nitrogens is 2. The predicted octanol–water partition coefficient (Wildman–Crippen LogP) is 4.79. The first-order valence-electron chi connectivity index (χ1n) is 11.2. The summed E-state index contributed by atoms with van der Waals surface area (Å²) in [6.07, 6.45) is 2.52. The van der Waals surface area contributed by atoms with Crippen LogP contribution in [0.5, 0.6) is 0 Å². The molecule has 36 heavy (non-hydrogen) atoms. The Morgan fingerprint density at radius 2 is 1.61 bits per heavy atom. The molecule has 8 nitrogen and oxygen atoms in total. The highest BCUT2D eigenvalue weighted by Crippen LogP contribution is 2.22. The number of nitrogens with one attached hydrogen (secondary N) is 2. The van der Waals surface area contributed by atoms with E-state index in [1.807, 2.05) is 60.7 Å². The van der Waals surface area contributed by atoms with Crippen LogP contribution < -0.4 is 10.0 Å². The fourth-order valence-corrected chi connectivity index (χ4v) is 4.02. The molecule has 1 aromatic heterocycles. The summed E-state index contributed by atoms with van der Waals surface area (Å²) in [5.41, 5.74) is 4.90. The molecule has 9 heteroatoms. The SMILES string of the molecule is Cc1nc(-c2cccc(C(=O)Nc3ccc(COCc4ccccc4)cc3)c2)cnc1NS(C)(=O)=O. The zero-order valence-electron chi connectivity index (χ0n) is 19.9. The molecule has 0 saturated carbocycles. The van der Waals surface area contributed by atoms with Gasteiger partial charge in [-0.3, -0.25) is 9.52 Å². The molecule has 0 saturated heterocycles. The first kappa shape index (κ1) is 25.0. The number of nitrogens with zero attached hydrogens (tertiary/aromatic N) is 2. The van der Waals surface area contributed by atoms with Gasteiger partial charge in [-0.15, -0.1) is 0 Å². The topological polar surface area (TPSA) is 110 Å².